The largest absolute Gasteiger partial charge is 0.490 e. The zero-order valence-electron chi connectivity index (χ0n) is 20.0. The molecule has 2 aromatic carbocycles. The van der Waals surface area contributed by atoms with Gasteiger partial charge in [0.15, 0.2) is 11.6 Å². The van der Waals surface area contributed by atoms with Gasteiger partial charge < -0.3 is 4.74 Å². The van der Waals surface area contributed by atoms with Crippen molar-refractivity contribution in [1.82, 2.24) is 4.72 Å². The van der Waals surface area contributed by atoms with Crippen molar-refractivity contribution in [3.05, 3.63) is 53.1 Å². The molecule has 0 bridgehead atoms. The zero-order chi connectivity index (χ0) is 24.3. The van der Waals surface area contributed by atoms with Crippen LogP contribution in [-0.2, 0) is 21.2 Å². The van der Waals surface area contributed by atoms with E-state index in [4.69, 9.17) is 4.74 Å². The highest BCUT2D eigenvalue weighted by atomic mass is 32.2. The highest BCUT2D eigenvalue weighted by Gasteiger charge is 2.33. The summed E-state index contributed by atoms with van der Waals surface area (Å²) in [6.07, 6.45) is 5.60. The lowest BCUT2D eigenvalue weighted by atomic mass is 9.76. The summed E-state index contributed by atoms with van der Waals surface area (Å²) >= 11 is 0. The van der Waals surface area contributed by atoms with Crippen molar-refractivity contribution in [2.45, 2.75) is 77.2 Å². The average molecular weight is 478 g/mol. The lowest BCUT2D eigenvalue weighted by molar-refractivity contribution is -0.123. The molecule has 0 heterocycles. The first-order chi connectivity index (χ1) is 15.6. The van der Waals surface area contributed by atoms with Crippen molar-refractivity contribution >= 4 is 16.9 Å². The molecule has 1 amide bonds. The lowest BCUT2D eigenvalue weighted by Crippen LogP contribution is -2.40. The normalized spacial score (nSPS) is 15.3. The minimum atomic E-state index is -1.50. The first-order valence-electron chi connectivity index (χ1n) is 11.5. The van der Waals surface area contributed by atoms with Gasteiger partial charge in [-0.1, -0.05) is 32.4 Å². The van der Waals surface area contributed by atoms with Crippen molar-refractivity contribution in [2.24, 2.45) is 0 Å². The quantitative estimate of drug-likeness (QED) is 0.471. The van der Waals surface area contributed by atoms with Crippen LogP contribution in [0.3, 0.4) is 0 Å². The fraction of sp³-hybridized carbons (Fsp3) is 0.500. The van der Waals surface area contributed by atoms with Gasteiger partial charge in [-0.2, -0.15) is 0 Å². The van der Waals surface area contributed by atoms with Crippen LogP contribution in [0.2, 0.25) is 0 Å². The highest BCUT2D eigenvalue weighted by molar-refractivity contribution is 7.82. The number of halogens is 2. The maximum atomic E-state index is 15.0. The van der Waals surface area contributed by atoms with Gasteiger partial charge >= 0.3 is 0 Å². The topological polar surface area (TPSA) is 55.4 Å². The van der Waals surface area contributed by atoms with Crippen molar-refractivity contribution in [3.8, 4) is 16.9 Å². The number of hydrogen-bond acceptors (Lipinski definition) is 3. The second-order valence-corrected chi connectivity index (χ2v) is 10.3. The molecule has 1 fully saturated rings. The molecule has 7 heteroatoms. The van der Waals surface area contributed by atoms with Crippen LogP contribution in [0, 0.1) is 11.6 Å². The predicted octanol–water partition coefficient (Wildman–Crippen LogP) is 6.15. The molecule has 0 saturated heterocycles. The fourth-order valence-electron chi connectivity index (χ4n) is 4.15. The molecule has 0 radical (unpaired) electrons. The van der Waals surface area contributed by atoms with Gasteiger partial charge in [-0.15, -0.1) is 0 Å². The number of rotatable bonds is 9. The molecule has 0 spiro atoms. The van der Waals surface area contributed by atoms with E-state index in [-0.39, 0.29) is 17.9 Å². The van der Waals surface area contributed by atoms with Crippen molar-refractivity contribution in [1.29, 1.82) is 0 Å². The van der Waals surface area contributed by atoms with E-state index in [9.17, 15) is 13.4 Å². The second-order valence-electron chi connectivity index (χ2n) is 9.23. The molecule has 1 aliphatic rings. The maximum Gasteiger partial charge on any atom is 0.241 e. The molecule has 0 aromatic heterocycles. The monoisotopic (exact) mass is 477 g/mol. The van der Waals surface area contributed by atoms with Crippen LogP contribution in [0.5, 0.6) is 5.75 Å². The Balaban J connectivity index is 2.19. The molecule has 1 saturated carbocycles. The van der Waals surface area contributed by atoms with E-state index >= 15 is 4.39 Å². The van der Waals surface area contributed by atoms with Crippen LogP contribution in [0.25, 0.3) is 11.1 Å². The van der Waals surface area contributed by atoms with E-state index in [0.717, 1.165) is 38.2 Å². The highest BCUT2D eigenvalue weighted by Crippen LogP contribution is 2.46. The van der Waals surface area contributed by atoms with E-state index in [1.54, 1.807) is 26.0 Å². The van der Waals surface area contributed by atoms with Crippen molar-refractivity contribution < 1.29 is 22.5 Å². The van der Waals surface area contributed by atoms with E-state index in [1.807, 2.05) is 26.0 Å². The summed E-state index contributed by atoms with van der Waals surface area (Å²) in [5.41, 5.74) is 1.28. The molecule has 1 unspecified atom stereocenters. The number of carbonyl (C=O) groups excluding carboxylic acids is 1. The third-order valence-electron chi connectivity index (χ3n) is 6.65. The van der Waals surface area contributed by atoms with Crippen molar-refractivity contribution in [3.63, 3.8) is 0 Å². The van der Waals surface area contributed by atoms with E-state index in [0.29, 0.717) is 28.0 Å². The minimum absolute atomic E-state index is 0.0223. The van der Waals surface area contributed by atoms with Crippen LogP contribution < -0.4 is 9.46 Å². The Labute approximate surface area is 197 Å². The number of hydrogen-bond donors (Lipinski definition) is 1. The second kappa shape index (κ2) is 10.3. The first kappa shape index (κ1) is 25.3. The molecule has 3 rings (SSSR count). The summed E-state index contributed by atoms with van der Waals surface area (Å²) in [7, 11) is -1.50. The van der Waals surface area contributed by atoms with Gasteiger partial charge in [-0.05, 0) is 74.8 Å². The minimum Gasteiger partial charge on any atom is -0.490 e. The molecule has 1 atom stereocenters. The molecular formula is C26H33F2NO3S. The van der Waals surface area contributed by atoms with Crippen LogP contribution >= 0.6 is 0 Å². The zero-order valence-corrected chi connectivity index (χ0v) is 20.8. The molecule has 1 N–H and O–H groups in total. The Morgan fingerprint density at radius 1 is 1.15 bits per heavy atom. The first-order valence-corrected chi connectivity index (χ1v) is 13.1. The standard InChI is InChI=1S/C26H33F2NO3S/c1-6-18(7-2)32-22-14-11-17(26(3,4)25(30)29-33(5)31)15-20(22)19-12-13-21(27)24(28)23(19)16-9-8-10-16/h11-16,18H,6-10H2,1-5H3,(H,29,30). The summed E-state index contributed by atoms with van der Waals surface area (Å²) in [6.45, 7) is 7.57. The van der Waals surface area contributed by atoms with Gasteiger partial charge in [0.25, 0.3) is 0 Å². The van der Waals surface area contributed by atoms with Gasteiger partial charge in [0.1, 0.15) is 16.7 Å². The Kier molecular flexibility index (Phi) is 7.93. The third kappa shape index (κ3) is 5.29. The number of benzene rings is 2. The van der Waals surface area contributed by atoms with Gasteiger partial charge in [-0.3, -0.25) is 9.52 Å². The Bertz CT molecular complexity index is 1050. The number of nitrogens with one attached hydrogen (secondary N) is 1. The number of carbonyl (C=O) groups is 1. The van der Waals surface area contributed by atoms with Crippen LogP contribution in [0.15, 0.2) is 30.3 Å². The van der Waals surface area contributed by atoms with E-state index in [1.165, 1.54) is 6.26 Å². The maximum absolute atomic E-state index is 15.0. The smallest absolute Gasteiger partial charge is 0.241 e. The summed E-state index contributed by atoms with van der Waals surface area (Å²) < 4.78 is 49.6. The van der Waals surface area contributed by atoms with Crippen molar-refractivity contribution in [2.75, 3.05) is 6.26 Å². The Morgan fingerprint density at radius 2 is 1.82 bits per heavy atom. The lowest BCUT2D eigenvalue weighted by Gasteiger charge is -2.30. The van der Waals surface area contributed by atoms with Crippen LogP contribution in [0.4, 0.5) is 8.78 Å². The van der Waals surface area contributed by atoms with Gasteiger partial charge in [-0.25, -0.2) is 13.0 Å². The molecule has 4 nitrogen and oxygen atoms in total. The molecule has 2 aromatic rings. The predicted molar refractivity (Wildman–Crippen MR) is 129 cm³/mol. The fourth-order valence-corrected chi connectivity index (χ4v) is 4.67. The van der Waals surface area contributed by atoms with Gasteiger partial charge in [0.2, 0.25) is 5.91 Å². The van der Waals surface area contributed by atoms with Crippen LogP contribution in [0.1, 0.15) is 76.8 Å². The Hall–Kier alpha value is -2.28. The summed E-state index contributed by atoms with van der Waals surface area (Å²) in [4.78, 5) is 12.8. The molecule has 33 heavy (non-hydrogen) atoms. The summed E-state index contributed by atoms with van der Waals surface area (Å²) in [5.74, 6) is -1.51. The SMILES string of the molecule is CCC(CC)Oc1ccc(C(C)(C)C(=O)NS(C)=O)cc1-c1ccc(F)c(F)c1C1CCC1. The molecule has 0 aliphatic heterocycles. The molecular weight excluding hydrogens is 444 g/mol. The van der Waals surface area contributed by atoms with Gasteiger partial charge in [0, 0.05) is 17.4 Å². The summed E-state index contributed by atoms with van der Waals surface area (Å²) in [6, 6.07) is 8.19. The average Bonchev–Trinajstić information content (AvgIpc) is 2.73. The van der Waals surface area contributed by atoms with Gasteiger partial charge in [0.05, 0.1) is 11.5 Å². The number of amides is 1. The molecule has 1 aliphatic carbocycles. The third-order valence-corrected chi connectivity index (χ3v) is 7.12. The number of ether oxygens (including phenoxy) is 1. The summed E-state index contributed by atoms with van der Waals surface area (Å²) in [5, 5.41) is 0. The Morgan fingerprint density at radius 3 is 2.36 bits per heavy atom. The van der Waals surface area contributed by atoms with E-state index < -0.39 is 28.0 Å². The van der Waals surface area contributed by atoms with Crippen LogP contribution in [-0.4, -0.2) is 22.5 Å². The molecule has 180 valence electrons. The van der Waals surface area contributed by atoms with E-state index in [2.05, 4.69) is 4.72 Å².